The fourth-order valence-corrected chi connectivity index (χ4v) is 3.98. The highest BCUT2D eigenvalue weighted by Gasteiger charge is 2.26. The van der Waals surface area contributed by atoms with Crippen LogP contribution in [0.1, 0.15) is 13.3 Å². The Morgan fingerprint density at radius 2 is 2.27 bits per heavy atom. The monoisotopic (exact) mass is 348 g/mol. The summed E-state index contributed by atoms with van der Waals surface area (Å²) < 4.78 is 38.5. The summed E-state index contributed by atoms with van der Waals surface area (Å²) in [5.41, 5.74) is 0. The Morgan fingerprint density at radius 3 is 2.91 bits per heavy atom. The van der Waals surface area contributed by atoms with Crippen LogP contribution in [0.15, 0.2) is 23.1 Å². The quantitative estimate of drug-likeness (QED) is 0.778. The Hall–Kier alpha value is -0.860. The van der Waals surface area contributed by atoms with Crippen LogP contribution in [0.5, 0.6) is 5.75 Å². The number of rotatable bonds is 7. The first kappa shape index (κ1) is 17.5. The zero-order valence-electron chi connectivity index (χ0n) is 12.6. The van der Waals surface area contributed by atoms with E-state index in [0.717, 1.165) is 13.0 Å². The van der Waals surface area contributed by atoms with Crippen molar-refractivity contribution in [2.75, 3.05) is 26.8 Å². The molecule has 2 N–H and O–H groups in total. The van der Waals surface area contributed by atoms with E-state index >= 15 is 0 Å². The van der Waals surface area contributed by atoms with Gasteiger partial charge < -0.3 is 14.8 Å². The lowest BCUT2D eigenvalue weighted by Gasteiger charge is -2.18. The van der Waals surface area contributed by atoms with Crippen molar-refractivity contribution in [3.8, 4) is 5.75 Å². The molecule has 1 aliphatic heterocycles. The Morgan fingerprint density at radius 1 is 1.50 bits per heavy atom. The molecular weight excluding hydrogens is 328 g/mol. The Labute approximate surface area is 136 Å². The van der Waals surface area contributed by atoms with Gasteiger partial charge in [-0.1, -0.05) is 11.6 Å². The second-order valence-electron chi connectivity index (χ2n) is 5.29. The maximum absolute atomic E-state index is 12.6. The van der Waals surface area contributed by atoms with E-state index in [9.17, 15) is 8.42 Å². The normalized spacial score (nSPS) is 20.0. The van der Waals surface area contributed by atoms with Crippen LogP contribution in [0, 0.1) is 0 Å². The van der Waals surface area contributed by atoms with E-state index in [0.29, 0.717) is 18.2 Å². The van der Waals surface area contributed by atoms with E-state index < -0.39 is 10.0 Å². The van der Waals surface area contributed by atoms with Gasteiger partial charge in [-0.25, -0.2) is 13.1 Å². The van der Waals surface area contributed by atoms with E-state index in [4.69, 9.17) is 21.1 Å². The first-order chi connectivity index (χ1) is 10.4. The van der Waals surface area contributed by atoms with Crippen LogP contribution < -0.4 is 14.8 Å². The summed E-state index contributed by atoms with van der Waals surface area (Å²) in [7, 11) is -2.13. The minimum absolute atomic E-state index is 0.0508. The molecule has 0 amide bonds. The molecule has 0 bridgehead atoms. The molecule has 0 aromatic heterocycles. The largest absolute Gasteiger partial charge is 0.487 e. The van der Waals surface area contributed by atoms with E-state index in [1.54, 1.807) is 19.2 Å². The third-order valence-electron chi connectivity index (χ3n) is 3.31. The summed E-state index contributed by atoms with van der Waals surface area (Å²) in [6.45, 7) is 3.60. The minimum Gasteiger partial charge on any atom is -0.487 e. The molecule has 22 heavy (non-hydrogen) atoms. The van der Waals surface area contributed by atoms with Gasteiger partial charge in [0.05, 0.1) is 6.61 Å². The lowest BCUT2D eigenvalue weighted by Crippen LogP contribution is -2.36. The molecule has 2 rings (SSSR count). The number of ether oxygens (including phenoxy) is 2. The van der Waals surface area contributed by atoms with E-state index in [1.165, 1.54) is 6.07 Å². The Balaban J connectivity index is 2.25. The third kappa shape index (κ3) is 4.57. The summed E-state index contributed by atoms with van der Waals surface area (Å²) in [6, 6.07) is 4.46. The van der Waals surface area contributed by atoms with Gasteiger partial charge in [-0.15, -0.1) is 0 Å². The summed E-state index contributed by atoms with van der Waals surface area (Å²) >= 11 is 5.95. The number of sulfonamides is 1. The predicted molar refractivity (Wildman–Crippen MR) is 85.0 cm³/mol. The van der Waals surface area contributed by atoms with Crippen LogP contribution in [0.3, 0.4) is 0 Å². The van der Waals surface area contributed by atoms with Crippen LogP contribution in [0.4, 0.5) is 0 Å². The number of halogens is 1. The molecule has 2 atom stereocenters. The minimum atomic E-state index is -3.70. The van der Waals surface area contributed by atoms with Crippen LogP contribution in [-0.2, 0) is 14.8 Å². The van der Waals surface area contributed by atoms with Crippen LogP contribution in [0.25, 0.3) is 0 Å². The molecule has 0 saturated carbocycles. The molecule has 1 heterocycles. The van der Waals surface area contributed by atoms with Crippen molar-refractivity contribution in [1.82, 2.24) is 10.0 Å². The van der Waals surface area contributed by atoms with Crippen LogP contribution in [-0.4, -0.2) is 47.4 Å². The van der Waals surface area contributed by atoms with Gasteiger partial charge in [-0.3, -0.25) is 0 Å². The molecule has 1 aromatic rings. The average molecular weight is 349 g/mol. The molecule has 1 aliphatic rings. The van der Waals surface area contributed by atoms with Crippen molar-refractivity contribution in [1.29, 1.82) is 0 Å². The first-order valence-electron chi connectivity index (χ1n) is 7.10. The summed E-state index contributed by atoms with van der Waals surface area (Å²) in [5.74, 6) is 0.271. The molecule has 0 spiro atoms. The zero-order valence-corrected chi connectivity index (χ0v) is 14.2. The van der Waals surface area contributed by atoms with Crippen molar-refractivity contribution in [3.05, 3.63) is 23.2 Å². The number of hydrogen-bond acceptors (Lipinski definition) is 5. The smallest absolute Gasteiger partial charge is 0.244 e. The van der Waals surface area contributed by atoms with Gasteiger partial charge in [0.15, 0.2) is 0 Å². The van der Waals surface area contributed by atoms with Gasteiger partial charge in [0.1, 0.15) is 16.7 Å². The van der Waals surface area contributed by atoms with E-state index in [-0.39, 0.29) is 22.8 Å². The van der Waals surface area contributed by atoms with Gasteiger partial charge in [0.25, 0.3) is 0 Å². The Kier molecular flexibility index (Phi) is 6.05. The van der Waals surface area contributed by atoms with Gasteiger partial charge in [-0.2, -0.15) is 0 Å². The lowest BCUT2D eigenvalue weighted by molar-refractivity contribution is 0.0901. The fourth-order valence-electron chi connectivity index (χ4n) is 2.31. The lowest BCUT2D eigenvalue weighted by atomic mass is 10.3. The molecule has 6 nitrogen and oxygen atoms in total. The van der Waals surface area contributed by atoms with Crippen LogP contribution in [0.2, 0.25) is 5.02 Å². The number of nitrogens with one attached hydrogen (secondary N) is 2. The molecule has 2 unspecified atom stereocenters. The topological polar surface area (TPSA) is 76.7 Å². The molecule has 1 aromatic carbocycles. The number of hydrogen-bond donors (Lipinski definition) is 2. The first-order valence-corrected chi connectivity index (χ1v) is 8.96. The maximum Gasteiger partial charge on any atom is 0.244 e. The molecule has 1 saturated heterocycles. The van der Waals surface area contributed by atoms with Crippen LogP contribution >= 0.6 is 11.6 Å². The highest BCUT2D eigenvalue weighted by molar-refractivity contribution is 7.89. The van der Waals surface area contributed by atoms with Gasteiger partial charge in [0, 0.05) is 24.7 Å². The zero-order chi connectivity index (χ0) is 16.2. The van der Waals surface area contributed by atoms with Crippen molar-refractivity contribution in [3.63, 3.8) is 0 Å². The molecule has 0 aliphatic carbocycles. The van der Waals surface area contributed by atoms with Crippen molar-refractivity contribution >= 4 is 21.6 Å². The fraction of sp³-hybridized carbons (Fsp3) is 0.571. The van der Waals surface area contributed by atoms with Gasteiger partial charge >= 0.3 is 0 Å². The SMILES string of the molecule is COCC(C)Oc1ccc(Cl)cc1S(=O)(=O)NC1CCNC1. The van der Waals surface area contributed by atoms with Crippen molar-refractivity contribution < 1.29 is 17.9 Å². The third-order valence-corrected chi connectivity index (χ3v) is 5.08. The van der Waals surface area contributed by atoms with E-state index in [1.807, 2.05) is 6.92 Å². The van der Waals surface area contributed by atoms with Crippen molar-refractivity contribution in [2.24, 2.45) is 0 Å². The molecule has 1 fully saturated rings. The van der Waals surface area contributed by atoms with Gasteiger partial charge in [0.2, 0.25) is 10.0 Å². The maximum atomic E-state index is 12.6. The number of methoxy groups -OCH3 is 1. The second kappa shape index (κ2) is 7.61. The molecular formula is C14H21ClN2O4S. The highest BCUT2D eigenvalue weighted by Crippen LogP contribution is 2.28. The highest BCUT2D eigenvalue weighted by atomic mass is 35.5. The summed E-state index contributed by atoms with van der Waals surface area (Å²) in [5, 5.41) is 3.46. The Bertz CT molecular complexity index is 603. The summed E-state index contributed by atoms with van der Waals surface area (Å²) in [6.07, 6.45) is 0.490. The predicted octanol–water partition coefficient (Wildman–Crippen LogP) is 1.39. The molecule has 8 heteroatoms. The molecule has 0 radical (unpaired) electrons. The average Bonchev–Trinajstić information content (AvgIpc) is 2.93. The number of benzene rings is 1. The van der Waals surface area contributed by atoms with Gasteiger partial charge in [-0.05, 0) is 38.1 Å². The summed E-state index contributed by atoms with van der Waals surface area (Å²) in [4.78, 5) is 0.0508. The van der Waals surface area contributed by atoms with Crippen molar-refractivity contribution in [2.45, 2.75) is 30.4 Å². The second-order valence-corrected chi connectivity index (χ2v) is 7.40. The standard InChI is InChI=1S/C14H21ClN2O4S/c1-10(9-20-2)21-13-4-3-11(15)7-14(13)22(18,19)17-12-5-6-16-8-12/h3-4,7,10,12,16-17H,5-6,8-9H2,1-2H3. The molecule has 124 valence electrons. The van der Waals surface area contributed by atoms with E-state index in [2.05, 4.69) is 10.0 Å².